The first-order chi connectivity index (χ1) is 9.53. The molecule has 1 aliphatic heterocycles. The van der Waals surface area contributed by atoms with Gasteiger partial charge in [-0.1, -0.05) is 26.0 Å². The van der Waals surface area contributed by atoms with E-state index in [0.717, 1.165) is 19.6 Å². The van der Waals surface area contributed by atoms with Gasteiger partial charge in [0.25, 0.3) is 0 Å². The lowest BCUT2D eigenvalue weighted by Crippen LogP contribution is -2.36. The van der Waals surface area contributed by atoms with Crippen molar-refractivity contribution in [2.24, 2.45) is 0 Å². The molecule has 20 heavy (non-hydrogen) atoms. The van der Waals surface area contributed by atoms with Gasteiger partial charge < -0.3 is 4.74 Å². The van der Waals surface area contributed by atoms with Gasteiger partial charge in [-0.2, -0.15) is 0 Å². The average molecular weight is 279 g/mol. The molecule has 0 unspecified atom stereocenters. The predicted octanol–water partition coefficient (Wildman–Crippen LogP) is 3.60. The van der Waals surface area contributed by atoms with E-state index in [0.29, 0.717) is 6.04 Å². The van der Waals surface area contributed by atoms with Crippen LogP contribution in [-0.2, 0) is 10.2 Å². The fourth-order valence-electron chi connectivity index (χ4n) is 3.04. The highest BCUT2D eigenvalue weighted by Gasteiger charge is 2.27. The summed E-state index contributed by atoms with van der Waals surface area (Å²) in [6.07, 6.45) is 3.59. The van der Waals surface area contributed by atoms with Crippen LogP contribution in [0.1, 0.15) is 38.7 Å². The van der Waals surface area contributed by atoms with E-state index in [9.17, 15) is 4.39 Å². The molecule has 0 bridgehead atoms. The number of hydrogen-bond acceptors (Lipinski definition) is 2. The molecule has 0 radical (unpaired) electrons. The molecule has 1 saturated heterocycles. The van der Waals surface area contributed by atoms with Crippen molar-refractivity contribution in [1.29, 1.82) is 0 Å². The lowest BCUT2D eigenvalue weighted by molar-refractivity contribution is 0.111. The van der Waals surface area contributed by atoms with Crippen molar-refractivity contribution in [3.63, 3.8) is 0 Å². The maximum atomic E-state index is 13.0. The summed E-state index contributed by atoms with van der Waals surface area (Å²) in [7, 11) is 1.78. The van der Waals surface area contributed by atoms with Crippen molar-refractivity contribution in [1.82, 2.24) is 4.90 Å². The molecule has 0 aromatic heterocycles. The Morgan fingerprint density at radius 1 is 1.30 bits per heavy atom. The van der Waals surface area contributed by atoms with E-state index < -0.39 is 0 Å². The zero-order valence-electron chi connectivity index (χ0n) is 12.9. The number of rotatable bonds is 6. The monoisotopic (exact) mass is 279 g/mol. The second kappa shape index (κ2) is 6.68. The van der Waals surface area contributed by atoms with Gasteiger partial charge in [0.15, 0.2) is 0 Å². The zero-order chi connectivity index (χ0) is 14.6. The van der Waals surface area contributed by atoms with Gasteiger partial charge in [0.2, 0.25) is 0 Å². The summed E-state index contributed by atoms with van der Waals surface area (Å²) >= 11 is 0. The van der Waals surface area contributed by atoms with Gasteiger partial charge in [0.05, 0.1) is 6.61 Å². The molecule has 1 aromatic carbocycles. The fraction of sp³-hybridized carbons (Fsp3) is 0.647. The Labute approximate surface area is 121 Å². The van der Waals surface area contributed by atoms with Crippen LogP contribution < -0.4 is 0 Å². The third-order valence-electron chi connectivity index (χ3n) is 4.51. The van der Waals surface area contributed by atoms with E-state index in [2.05, 4.69) is 18.7 Å². The first-order valence-electron chi connectivity index (χ1n) is 7.52. The molecule has 0 N–H and O–H groups in total. The summed E-state index contributed by atoms with van der Waals surface area (Å²) in [6.45, 7) is 7.56. The van der Waals surface area contributed by atoms with E-state index in [4.69, 9.17) is 4.74 Å². The molecule has 1 heterocycles. The summed E-state index contributed by atoms with van der Waals surface area (Å²) in [5.41, 5.74) is 1.29. The van der Waals surface area contributed by atoms with Gasteiger partial charge in [-0.3, -0.25) is 4.90 Å². The highest BCUT2D eigenvalue weighted by molar-refractivity contribution is 5.24. The molecule has 0 amide bonds. The van der Waals surface area contributed by atoms with Gasteiger partial charge in [0.1, 0.15) is 5.82 Å². The van der Waals surface area contributed by atoms with Crippen LogP contribution in [0.25, 0.3) is 0 Å². The Morgan fingerprint density at radius 2 is 2.00 bits per heavy atom. The van der Waals surface area contributed by atoms with Crippen LogP contribution in [0.2, 0.25) is 0 Å². The molecule has 0 aliphatic carbocycles. The van der Waals surface area contributed by atoms with Crippen molar-refractivity contribution in [2.75, 3.05) is 26.8 Å². The summed E-state index contributed by atoms with van der Waals surface area (Å²) in [6, 6.07) is 7.50. The average Bonchev–Trinajstić information content (AvgIpc) is 2.85. The third-order valence-corrected chi connectivity index (χ3v) is 4.51. The fourth-order valence-corrected chi connectivity index (χ4v) is 3.04. The van der Waals surface area contributed by atoms with Gasteiger partial charge in [-0.05, 0) is 55.5 Å². The first-order valence-corrected chi connectivity index (χ1v) is 7.52. The zero-order valence-corrected chi connectivity index (χ0v) is 12.9. The van der Waals surface area contributed by atoms with E-state index in [1.54, 1.807) is 19.2 Å². The lowest BCUT2D eigenvalue weighted by Gasteiger charge is -2.30. The summed E-state index contributed by atoms with van der Waals surface area (Å²) < 4.78 is 18.3. The number of benzene rings is 1. The van der Waals surface area contributed by atoms with Crippen LogP contribution >= 0.6 is 0 Å². The highest BCUT2D eigenvalue weighted by atomic mass is 19.1. The number of hydrogen-bond donors (Lipinski definition) is 0. The number of likely N-dealkylation sites (tertiary alicyclic amines) is 1. The van der Waals surface area contributed by atoms with Crippen molar-refractivity contribution < 1.29 is 9.13 Å². The van der Waals surface area contributed by atoms with Crippen LogP contribution in [0.3, 0.4) is 0 Å². The Hall–Kier alpha value is -0.930. The van der Waals surface area contributed by atoms with Crippen molar-refractivity contribution in [2.45, 2.75) is 44.6 Å². The van der Waals surface area contributed by atoms with Crippen LogP contribution in [0.5, 0.6) is 0 Å². The van der Waals surface area contributed by atoms with Crippen LogP contribution in [0.15, 0.2) is 24.3 Å². The van der Waals surface area contributed by atoms with E-state index in [1.165, 1.54) is 24.9 Å². The third kappa shape index (κ3) is 3.80. The molecular formula is C17H26FNO. The minimum Gasteiger partial charge on any atom is -0.383 e. The quantitative estimate of drug-likeness (QED) is 0.789. The molecule has 1 aliphatic rings. The molecule has 1 fully saturated rings. The number of halogens is 1. The molecule has 0 spiro atoms. The van der Waals surface area contributed by atoms with Crippen LogP contribution in [0.4, 0.5) is 4.39 Å². The number of nitrogens with zero attached hydrogens (tertiary/aromatic N) is 1. The maximum Gasteiger partial charge on any atom is 0.123 e. The highest BCUT2D eigenvalue weighted by Crippen LogP contribution is 2.29. The molecule has 0 saturated carbocycles. The molecule has 112 valence electrons. The molecule has 2 nitrogen and oxygen atoms in total. The van der Waals surface area contributed by atoms with E-state index >= 15 is 0 Å². The molecule has 1 aromatic rings. The number of methoxy groups -OCH3 is 1. The molecule has 3 heteroatoms. The van der Waals surface area contributed by atoms with Crippen molar-refractivity contribution in [3.05, 3.63) is 35.6 Å². The first kappa shape index (κ1) is 15.5. The summed E-state index contributed by atoms with van der Waals surface area (Å²) in [5, 5.41) is 0. The Bertz CT molecular complexity index is 416. The topological polar surface area (TPSA) is 12.5 Å². The second-order valence-electron chi connectivity index (χ2n) is 6.43. The largest absolute Gasteiger partial charge is 0.383 e. The minimum absolute atomic E-state index is 0.0773. The van der Waals surface area contributed by atoms with Crippen molar-refractivity contribution in [3.8, 4) is 0 Å². The van der Waals surface area contributed by atoms with Gasteiger partial charge >= 0.3 is 0 Å². The summed E-state index contributed by atoms with van der Waals surface area (Å²) in [4.78, 5) is 2.54. The van der Waals surface area contributed by atoms with Gasteiger partial charge in [-0.15, -0.1) is 0 Å². The van der Waals surface area contributed by atoms with Gasteiger partial charge in [-0.25, -0.2) is 4.39 Å². The normalized spacial score (nSPS) is 20.5. The number of ether oxygens (including phenoxy) is 1. The smallest absolute Gasteiger partial charge is 0.123 e. The van der Waals surface area contributed by atoms with Crippen LogP contribution in [0, 0.1) is 5.82 Å². The maximum absolute atomic E-state index is 13.0. The minimum atomic E-state index is -0.163. The SMILES string of the molecule is COC[C@@H]1CCCN1CCC(C)(C)c1ccc(F)cc1. The summed E-state index contributed by atoms with van der Waals surface area (Å²) in [5.74, 6) is -0.163. The Kier molecular flexibility index (Phi) is 5.17. The van der Waals surface area contributed by atoms with E-state index in [1.807, 2.05) is 12.1 Å². The Morgan fingerprint density at radius 3 is 2.65 bits per heavy atom. The predicted molar refractivity (Wildman–Crippen MR) is 80.5 cm³/mol. The molecule has 2 rings (SSSR count). The van der Waals surface area contributed by atoms with Gasteiger partial charge in [0, 0.05) is 13.2 Å². The standard InChI is InChI=1S/C17H26FNO/c1-17(2,14-6-8-15(18)9-7-14)10-12-19-11-4-5-16(19)13-20-3/h6-9,16H,4-5,10-13H2,1-3H3/t16-/m0/s1. The van der Waals surface area contributed by atoms with Crippen LogP contribution in [-0.4, -0.2) is 37.7 Å². The van der Waals surface area contributed by atoms with E-state index in [-0.39, 0.29) is 11.2 Å². The Balaban J connectivity index is 1.93. The lowest BCUT2D eigenvalue weighted by atomic mass is 9.81. The van der Waals surface area contributed by atoms with Crippen molar-refractivity contribution >= 4 is 0 Å². The molecular weight excluding hydrogens is 253 g/mol. The molecule has 1 atom stereocenters. The second-order valence-corrected chi connectivity index (χ2v) is 6.43.